The van der Waals surface area contributed by atoms with Crippen molar-refractivity contribution < 1.29 is 18.7 Å². The summed E-state index contributed by atoms with van der Waals surface area (Å²) in [5, 5.41) is 11.2. The summed E-state index contributed by atoms with van der Waals surface area (Å²) in [7, 11) is 0. The van der Waals surface area contributed by atoms with Crippen LogP contribution in [0.2, 0.25) is 10.0 Å². The van der Waals surface area contributed by atoms with E-state index < -0.39 is 17.7 Å². The third-order valence-corrected chi connectivity index (χ3v) is 7.25. The number of hydrogen-bond acceptors (Lipinski definition) is 6. The summed E-state index contributed by atoms with van der Waals surface area (Å²) < 4.78 is 25.4. The number of hydrogen-bond donors (Lipinski definition) is 1. The van der Waals surface area contributed by atoms with E-state index >= 15 is 0 Å². The molecule has 0 bridgehead atoms. The fourth-order valence-corrected chi connectivity index (χ4v) is 5.48. The fourth-order valence-electron chi connectivity index (χ4n) is 3.82. The molecule has 0 spiro atoms. The first-order chi connectivity index (χ1) is 16.4. The van der Waals surface area contributed by atoms with Crippen LogP contribution >= 0.6 is 34.5 Å². The average molecular weight is 511 g/mol. The summed E-state index contributed by atoms with van der Waals surface area (Å²) in [4.78, 5) is 13.1. The Morgan fingerprint density at radius 2 is 1.88 bits per heavy atom. The maximum Gasteiger partial charge on any atom is 0.355 e. The number of allylic oxidation sites excluding steroid dienone is 1. The highest BCUT2D eigenvalue weighted by molar-refractivity contribution is 7.21. The Labute approximate surface area is 207 Å². The number of thiophene rings is 1. The molecule has 168 valence electrons. The summed E-state index contributed by atoms with van der Waals surface area (Å²) in [5.74, 6) is -1.12. The van der Waals surface area contributed by atoms with Crippen LogP contribution in [0.5, 0.6) is 11.5 Å². The van der Waals surface area contributed by atoms with Gasteiger partial charge < -0.3 is 15.2 Å². The van der Waals surface area contributed by atoms with Crippen LogP contribution in [0.1, 0.15) is 26.7 Å². The molecule has 1 aliphatic rings. The minimum absolute atomic E-state index is 0.0720. The quantitative estimate of drug-likeness (QED) is 0.242. The van der Waals surface area contributed by atoms with E-state index in [0.29, 0.717) is 27.3 Å². The number of rotatable bonds is 3. The van der Waals surface area contributed by atoms with E-state index in [0.717, 1.165) is 4.70 Å². The molecule has 0 saturated carbocycles. The minimum atomic E-state index is -0.630. The lowest BCUT2D eigenvalue weighted by Crippen LogP contribution is -2.21. The van der Waals surface area contributed by atoms with Gasteiger partial charge in [-0.1, -0.05) is 47.5 Å². The first-order valence-electron chi connectivity index (χ1n) is 9.92. The van der Waals surface area contributed by atoms with Crippen molar-refractivity contribution in [2.45, 2.75) is 5.92 Å². The largest absolute Gasteiger partial charge is 0.440 e. The number of fused-ring (bicyclic) bond motifs is 2. The minimum Gasteiger partial charge on any atom is -0.440 e. The van der Waals surface area contributed by atoms with Gasteiger partial charge in [0, 0.05) is 26.7 Å². The van der Waals surface area contributed by atoms with E-state index in [4.69, 9.17) is 38.4 Å². The molecule has 1 aliphatic heterocycles. The molecule has 0 aliphatic carbocycles. The van der Waals surface area contributed by atoms with E-state index in [9.17, 15) is 14.4 Å². The molecule has 1 aromatic heterocycles. The van der Waals surface area contributed by atoms with Crippen molar-refractivity contribution >= 4 is 50.6 Å². The molecule has 0 saturated heterocycles. The highest BCUT2D eigenvalue weighted by atomic mass is 35.5. The van der Waals surface area contributed by atoms with Crippen LogP contribution in [0.15, 0.2) is 72.1 Å². The predicted octanol–water partition coefficient (Wildman–Crippen LogP) is 6.78. The average Bonchev–Trinajstić information content (AvgIpc) is 3.14. The molecular formula is C25H13Cl2FN2O3S. The summed E-state index contributed by atoms with van der Waals surface area (Å²) in [6.45, 7) is 0. The zero-order valence-electron chi connectivity index (χ0n) is 17.1. The van der Waals surface area contributed by atoms with E-state index in [-0.39, 0.29) is 27.1 Å². The predicted molar refractivity (Wildman–Crippen MR) is 129 cm³/mol. The number of benzene rings is 3. The Hall–Kier alpha value is -3.57. The molecular weight excluding hydrogens is 498 g/mol. The number of nitriles is 1. The zero-order valence-corrected chi connectivity index (χ0v) is 19.5. The van der Waals surface area contributed by atoms with Crippen LogP contribution in [-0.2, 0) is 0 Å². The zero-order chi connectivity index (χ0) is 24.0. The van der Waals surface area contributed by atoms with Crippen molar-refractivity contribution in [3.05, 3.63) is 104 Å². The van der Waals surface area contributed by atoms with Gasteiger partial charge in [-0.05, 0) is 35.9 Å². The van der Waals surface area contributed by atoms with E-state index in [1.165, 1.54) is 29.5 Å². The van der Waals surface area contributed by atoms with Gasteiger partial charge in [0.15, 0.2) is 0 Å². The van der Waals surface area contributed by atoms with Gasteiger partial charge >= 0.3 is 5.97 Å². The van der Waals surface area contributed by atoms with Crippen molar-refractivity contribution in [3.63, 3.8) is 0 Å². The number of carbonyl (C=O) groups is 1. The van der Waals surface area contributed by atoms with Crippen LogP contribution < -0.4 is 15.2 Å². The van der Waals surface area contributed by atoms with Crippen LogP contribution in [0.3, 0.4) is 0 Å². The van der Waals surface area contributed by atoms with Crippen LogP contribution in [0.4, 0.5) is 4.39 Å². The molecule has 5 nitrogen and oxygen atoms in total. The maximum atomic E-state index is 13.4. The molecule has 1 unspecified atom stereocenters. The number of nitrogens with zero attached hydrogens (tertiary/aromatic N) is 1. The molecule has 2 N–H and O–H groups in total. The summed E-state index contributed by atoms with van der Waals surface area (Å²) in [6.07, 6.45) is 0. The van der Waals surface area contributed by atoms with Gasteiger partial charge in [-0.2, -0.15) is 5.26 Å². The second kappa shape index (κ2) is 8.65. The monoisotopic (exact) mass is 510 g/mol. The van der Waals surface area contributed by atoms with Gasteiger partial charge in [-0.15, -0.1) is 11.3 Å². The Kier molecular flexibility index (Phi) is 5.66. The second-order valence-electron chi connectivity index (χ2n) is 7.45. The lowest BCUT2D eigenvalue weighted by molar-refractivity contribution is 0.0740. The smallest absolute Gasteiger partial charge is 0.355 e. The molecule has 2 heterocycles. The number of esters is 1. The van der Waals surface area contributed by atoms with Crippen molar-refractivity contribution in [2.75, 3.05) is 0 Å². The molecule has 34 heavy (non-hydrogen) atoms. The van der Waals surface area contributed by atoms with Gasteiger partial charge in [-0.25, -0.2) is 9.18 Å². The summed E-state index contributed by atoms with van der Waals surface area (Å²) in [5.41, 5.74) is 7.52. The molecule has 5 rings (SSSR count). The third-order valence-electron chi connectivity index (χ3n) is 5.38. The molecule has 0 amide bonds. The molecule has 9 heteroatoms. The fraction of sp³-hybridized carbons (Fsp3) is 0.0400. The van der Waals surface area contributed by atoms with Gasteiger partial charge in [0.25, 0.3) is 0 Å². The normalized spacial score (nSPS) is 14.9. The molecule has 0 radical (unpaired) electrons. The summed E-state index contributed by atoms with van der Waals surface area (Å²) >= 11 is 13.6. The molecule has 3 aromatic carbocycles. The number of ether oxygens (including phenoxy) is 2. The van der Waals surface area contributed by atoms with Crippen LogP contribution in [0.25, 0.3) is 10.1 Å². The lowest BCUT2D eigenvalue weighted by atomic mass is 9.83. The summed E-state index contributed by atoms with van der Waals surface area (Å²) in [6, 6.07) is 17.8. The van der Waals surface area contributed by atoms with Gasteiger partial charge in [0.1, 0.15) is 33.8 Å². The molecule has 4 aromatic rings. The highest BCUT2D eigenvalue weighted by Crippen LogP contribution is 2.44. The Bertz CT molecular complexity index is 1540. The van der Waals surface area contributed by atoms with Crippen molar-refractivity contribution in [1.29, 1.82) is 5.26 Å². The number of carbonyl (C=O) groups excluding carboxylic acids is 1. The first-order valence-corrected chi connectivity index (χ1v) is 11.5. The first kappa shape index (κ1) is 22.2. The SMILES string of the molecule is N#CC1=C(N)Oc2cc(OC(=O)c3sc4cc(Cl)ccc4c3Cl)ccc2C1c1ccc(F)cc1. The van der Waals surface area contributed by atoms with Gasteiger partial charge in [0.2, 0.25) is 5.88 Å². The van der Waals surface area contributed by atoms with Crippen LogP contribution in [0, 0.1) is 17.1 Å². The van der Waals surface area contributed by atoms with Crippen molar-refractivity contribution in [3.8, 4) is 17.6 Å². The van der Waals surface area contributed by atoms with Crippen molar-refractivity contribution in [1.82, 2.24) is 0 Å². The molecule has 0 fully saturated rings. The van der Waals surface area contributed by atoms with E-state index in [1.54, 1.807) is 42.5 Å². The van der Waals surface area contributed by atoms with Gasteiger partial charge in [0.05, 0.1) is 10.9 Å². The number of nitrogens with two attached hydrogens (primary N) is 1. The van der Waals surface area contributed by atoms with E-state index in [2.05, 4.69) is 6.07 Å². The Morgan fingerprint density at radius 3 is 2.62 bits per heavy atom. The standard InChI is InChI=1S/C25H13Cl2FN2O3S/c26-13-3-7-17-20(9-13)34-23(22(17)27)25(31)32-15-6-8-16-19(10-15)33-24(30)18(11-29)21(16)12-1-4-14(28)5-2-12/h1-10,21H,30H2. The lowest BCUT2D eigenvalue weighted by Gasteiger charge is -2.26. The van der Waals surface area contributed by atoms with Crippen molar-refractivity contribution in [2.24, 2.45) is 5.73 Å². The second-order valence-corrected chi connectivity index (χ2v) is 9.32. The van der Waals surface area contributed by atoms with Crippen LogP contribution in [-0.4, -0.2) is 5.97 Å². The third kappa shape index (κ3) is 3.86. The Morgan fingerprint density at radius 1 is 1.12 bits per heavy atom. The number of halogens is 3. The van der Waals surface area contributed by atoms with E-state index in [1.807, 2.05) is 0 Å². The Balaban J connectivity index is 1.49. The maximum absolute atomic E-state index is 13.4. The molecule has 1 atom stereocenters. The highest BCUT2D eigenvalue weighted by Gasteiger charge is 2.31. The topological polar surface area (TPSA) is 85.3 Å². The van der Waals surface area contributed by atoms with Gasteiger partial charge in [-0.3, -0.25) is 0 Å².